The lowest BCUT2D eigenvalue weighted by Crippen LogP contribution is -2.54. The summed E-state index contributed by atoms with van der Waals surface area (Å²) in [5.41, 5.74) is 5.27. The molecule has 3 unspecified atom stereocenters. The van der Waals surface area contributed by atoms with Crippen LogP contribution in [-0.4, -0.2) is 50.0 Å². The fourth-order valence-corrected chi connectivity index (χ4v) is 2.36. The van der Waals surface area contributed by atoms with Crippen molar-refractivity contribution >= 4 is 0 Å². The van der Waals surface area contributed by atoms with E-state index in [0.717, 1.165) is 6.42 Å². The molecule has 0 saturated carbocycles. The first-order chi connectivity index (χ1) is 7.90. The average molecular weight is 254 g/mol. The maximum atomic E-state index is 12.9. The number of nitrogens with zero attached hydrogens (tertiary/aromatic N) is 1. The zero-order valence-electron chi connectivity index (χ0n) is 10.3. The van der Waals surface area contributed by atoms with Gasteiger partial charge in [0.25, 0.3) is 0 Å². The summed E-state index contributed by atoms with van der Waals surface area (Å²) in [4.78, 5) is 1.46. The van der Waals surface area contributed by atoms with Crippen LogP contribution in [0.5, 0.6) is 0 Å². The highest BCUT2D eigenvalue weighted by molar-refractivity contribution is 4.86. The highest BCUT2D eigenvalue weighted by Crippen LogP contribution is 2.30. The second kappa shape index (κ2) is 6.02. The molecule has 0 amide bonds. The highest BCUT2D eigenvalue weighted by Gasteiger charge is 2.44. The van der Waals surface area contributed by atoms with E-state index in [2.05, 4.69) is 0 Å². The molecule has 1 aliphatic rings. The van der Waals surface area contributed by atoms with Gasteiger partial charge in [-0.15, -0.1) is 0 Å². The van der Waals surface area contributed by atoms with Gasteiger partial charge in [0.05, 0.1) is 6.10 Å². The van der Waals surface area contributed by atoms with Crippen LogP contribution in [0.15, 0.2) is 0 Å². The van der Waals surface area contributed by atoms with Gasteiger partial charge in [0.1, 0.15) is 6.04 Å². The number of nitrogens with two attached hydrogens (primary N) is 1. The Bertz CT molecular complexity index is 235. The summed E-state index contributed by atoms with van der Waals surface area (Å²) >= 11 is 0. The number of piperidine rings is 1. The number of likely N-dealkylation sites (tertiary alicyclic amines) is 1. The number of alkyl halides is 3. The second-order valence-corrected chi connectivity index (χ2v) is 4.67. The minimum atomic E-state index is -4.21. The minimum absolute atomic E-state index is 0.0473. The van der Waals surface area contributed by atoms with E-state index in [1.165, 1.54) is 4.90 Å². The van der Waals surface area contributed by atoms with Crippen molar-refractivity contribution in [2.75, 3.05) is 26.7 Å². The van der Waals surface area contributed by atoms with E-state index >= 15 is 0 Å². The van der Waals surface area contributed by atoms with E-state index < -0.39 is 12.2 Å². The predicted molar refractivity (Wildman–Crippen MR) is 59.7 cm³/mol. The lowest BCUT2D eigenvalue weighted by atomic mass is 9.94. The summed E-state index contributed by atoms with van der Waals surface area (Å²) < 4.78 is 43.9. The van der Waals surface area contributed by atoms with Crippen LogP contribution in [0.25, 0.3) is 0 Å². The molecular formula is C11H21F3N2O. The molecule has 0 spiro atoms. The van der Waals surface area contributed by atoms with E-state index in [1.807, 2.05) is 6.92 Å². The Balaban J connectivity index is 2.69. The molecule has 3 atom stereocenters. The molecule has 0 aromatic rings. The first kappa shape index (κ1) is 14.7. The van der Waals surface area contributed by atoms with Gasteiger partial charge >= 0.3 is 6.18 Å². The van der Waals surface area contributed by atoms with Gasteiger partial charge in [-0.05, 0) is 31.8 Å². The van der Waals surface area contributed by atoms with Crippen molar-refractivity contribution in [3.63, 3.8) is 0 Å². The van der Waals surface area contributed by atoms with Gasteiger partial charge in [0, 0.05) is 13.7 Å². The highest BCUT2D eigenvalue weighted by atomic mass is 19.4. The lowest BCUT2D eigenvalue weighted by molar-refractivity contribution is -0.194. The van der Waals surface area contributed by atoms with Gasteiger partial charge in [-0.25, -0.2) is 0 Å². The lowest BCUT2D eigenvalue weighted by Gasteiger charge is -2.41. The quantitative estimate of drug-likeness (QED) is 0.828. The number of rotatable bonds is 4. The van der Waals surface area contributed by atoms with Gasteiger partial charge in [-0.3, -0.25) is 4.90 Å². The van der Waals surface area contributed by atoms with Crippen molar-refractivity contribution < 1.29 is 17.9 Å². The van der Waals surface area contributed by atoms with Gasteiger partial charge < -0.3 is 10.5 Å². The van der Waals surface area contributed by atoms with Crippen molar-refractivity contribution in [1.82, 2.24) is 4.90 Å². The molecule has 1 saturated heterocycles. The monoisotopic (exact) mass is 254 g/mol. The number of halogens is 3. The Morgan fingerprint density at radius 3 is 2.59 bits per heavy atom. The van der Waals surface area contributed by atoms with Gasteiger partial charge in [0.2, 0.25) is 0 Å². The molecule has 0 aromatic carbocycles. The Morgan fingerprint density at radius 1 is 1.47 bits per heavy atom. The fourth-order valence-electron chi connectivity index (χ4n) is 2.36. The first-order valence-corrected chi connectivity index (χ1v) is 5.93. The summed E-state index contributed by atoms with van der Waals surface area (Å²) in [6, 6.07) is -1.43. The predicted octanol–water partition coefficient (Wildman–Crippen LogP) is 1.62. The van der Waals surface area contributed by atoms with Gasteiger partial charge in [0.15, 0.2) is 0 Å². The minimum Gasteiger partial charge on any atom is -0.380 e. The van der Waals surface area contributed by atoms with E-state index in [1.54, 1.807) is 7.11 Å². The maximum absolute atomic E-state index is 12.9. The van der Waals surface area contributed by atoms with Crippen LogP contribution in [0.4, 0.5) is 13.2 Å². The molecule has 1 heterocycles. The molecule has 102 valence electrons. The molecular weight excluding hydrogens is 233 g/mol. The number of hydrogen-bond donors (Lipinski definition) is 1. The van der Waals surface area contributed by atoms with Crippen LogP contribution in [-0.2, 0) is 4.74 Å². The Kier molecular flexibility index (Phi) is 5.22. The molecule has 0 aliphatic carbocycles. The summed E-state index contributed by atoms with van der Waals surface area (Å²) in [6.45, 7) is 2.86. The molecule has 0 bridgehead atoms. The normalized spacial score (nSPS) is 29.3. The molecule has 0 radical (unpaired) electrons. The third-order valence-corrected chi connectivity index (χ3v) is 3.48. The number of hydrogen-bond acceptors (Lipinski definition) is 3. The number of ether oxygens (including phenoxy) is 1. The second-order valence-electron chi connectivity index (χ2n) is 4.67. The zero-order chi connectivity index (χ0) is 13.1. The summed E-state index contributed by atoms with van der Waals surface area (Å²) in [5.74, 6) is 0.308. The topological polar surface area (TPSA) is 38.5 Å². The van der Waals surface area contributed by atoms with Crippen molar-refractivity contribution in [1.29, 1.82) is 0 Å². The molecule has 0 aromatic heterocycles. The van der Waals surface area contributed by atoms with Crippen LogP contribution in [0.3, 0.4) is 0 Å². The third kappa shape index (κ3) is 3.82. The third-order valence-electron chi connectivity index (χ3n) is 3.48. The van der Waals surface area contributed by atoms with Gasteiger partial charge in [-0.2, -0.15) is 13.2 Å². The molecule has 1 rings (SSSR count). The zero-order valence-corrected chi connectivity index (χ0v) is 10.3. The summed E-state index contributed by atoms with van der Waals surface area (Å²) in [6.07, 6.45) is -3.64. The SMILES string of the molecule is COC1CN(C(CCN)C(F)(F)F)CCC1C. The van der Waals surface area contributed by atoms with Crippen molar-refractivity contribution in [3.05, 3.63) is 0 Å². The first-order valence-electron chi connectivity index (χ1n) is 5.93. The van der Waals surface area contributed by atoms with Crippen LogP contribution in [0, 0.1) is 5.92 Å². The van der Waals surface area contributed by atoms with Crippen LogP contribution in [0.2, 0.25) is 0 Å². The van der Waals surface area contributed by atoms with Gasteiger partial charge in [-0.1, -0.05) is 6.92 Å². The van der Waals surface area contributed by atoms with Crippen LogP contribution < -0.4 is 5.73 Å². The molecule has 1 aliphatic heterocycles. The fraction of sp³-hybridized carbons (Fsp3) is 1.00. The summed E-state index contributed by atoms with van der Waals surface area (Å²) in [5, 5.41) is 0. The maximum Gasteiger partial charge on any atom is 0.404 e. The smallest absolute Gasteiger partial charge is 0.380 e. The Labute approximate surface area is 100 Å². The number of methoxy groups -OCH3 is 1. The van der Waals surface area contributed by atoms with Crippen molar-refractivity contribution in [3.8, 4) is 0 Å². The Hall–Kier alpha value is -0.330. The van der Waals surface area contributed by atoms with Crippen molar-refractivity contribution in [2.24, 2.45) is 11.7 Å². The van der Waals surface area contributed by atoms with E-state index in [-0.39, 0.29) is 19.1 Å². The van der Waals surface area contributed by atoms with E-state index in [9.17, 15) is 13.2 Å². The molecule has 2 N–H and O–H groups in total. The van der Waals surface area contributed by atoms with Crippen LogP contribution >= 0.6 is 0 Å². The molecule has 17 heavy (non-hydrogen) atoms. The Morgan fingerprint density at radius 2 is 2.12 bits per heavy atom. The summed E-state index contributed by atoms with van der Waals surface area (Å²) in [7, 11) is 1.55. The largest absolute Gasteiger partial charge is 0.404 e. The molecule has 1 fully saturated rings. The molecule has 3 nitrogen and oxygen atoms in total. The van der Waals surface area contributed by atoms with Crippen LogP contribution in [0.1, 0.15) is 19.8 Å². The molecule has 6 heteroatoms. The van der Waals surface area contributed by atoms with Crippen molar-refractivity contribution in [2.45, 2.75) is 38.1 Å². The average Bonchev–Trinajstić information content (AvgIpc) is 2.25. The van der Waals surface area contributed by atoms with E-state index in [0.29, 0.717) is 19.0 Å². The standard InChI is InChI=1S/C11H21F3N2O/c1-8-4-6-16(7-9(8)17-2)10(3-5-15)11(12,13)14/h8-10H,3-7,15H2,1-2H3. The van der Waals surface area contributed by atoms with E-state index in [4.69, 9.17) is 10.5 Å².